The Labute approximate surface area is 228 Å². The molecule has 1 aromatic carbocycles. The first-order valence-corrected chi connectivity index (χ1v) is 14.0. The number of halogens is 1. The lowest BCUT2D eigenvalue weighted by Crippen LogP contribution is -2.61. The van der Waals surface area contributed by atoms with Gasteiger partial charge in [-0.1, -0.05) is 29.8 Å². The summed E-state index contributed by atoms with van der Waals surface area (Å²) in [5, 5.41) is 43.0. The predicted molar refractivity (Wildman–Crippen MR) is 135 cm³/mol. The maximum absolute atomic E-state index is 13.6. The first-order valence-electron chi connectivity index (χ1n) is 11.3. The number of thiazole rings is 1. The minimum absolute atomic E-state index is 0.0501. The van der Waals surface area contributed by atoms with Crippen LogP contribution >= 0.6 is 22.9 Å². The maximum atomic E-state index is 13.6. The zero-order valence-electron chi connectivity index (χ0n) is 19.6. The fourth-order valence-electron chi connectivity index (χ4n) is 4.27. The lowest BCUT2D eigenvalue weighted by molar-refractivity contribution is -0.278. The van der Waals surface area contributed by atoms with E-state index < -0.39 is 52.8 Å². The molecule has 5 unspecified atom stereocenters. The van der Waals surface area contributed by atoms with Gasteiger partial charge in [0.2, 0.25) is 11.3 Å². The molecule has 0 saturated carbocycles. The Morgan fingerprint density at radius 2 is 1.92 bits per heavy atom. The number of benzene rings is 1. The van der Waals surface area contributed by atoms with E-state index in [2.05, 4.69) is 10.3 Å². The van der Waals surface area contributed by atoms with Gasteiger partial charge in [0, 0.05) is 29.7 Å². The number of carboxylic acids is 1. The van der Waals surface area contributed by atoms with Crippen LogP contribution in [0, 0.1) is 0 Å². The number of ether oxygens (including phenoxy) is 2. The van der Waals surface area contributed by atoms with Crippen molar-refractivity contribution in [1.82, 2.24) is 18.7 Å². The van der Waals surface area contributed by atoms with Crippen LogP contribution in [0.25, 0.3) is 15.9 Å². The van der Waals surface area contributed by atoms with Crippen LogP contribution in [0.15, 0.2) is 47.1 Å². The number of para-hydroxylation sites is 1. The Bertz CT molecular complexity index is 1670. The highest BCUT2D eigenvalue weighted by Crippen LogP contribution is 2.31. The summed E-state index contributed by atoms with van der Waals surface area (Å²) in [7, 11) is -4.17. The second kappa shape index (κ2) is 10.4. The molecule has 1 amide bonds. The molecule has 4 aromatic rings. The van der Waals surface area contributed by atoms with Gasteiger partial charge in [-0.05, 0) is 18.1 Å². The fourth-order valence-corrected chi connectivity index (χ4v) is 7.08. The first kappa shape index (κ1) is 27.3. The second-order valence-electron chi connectivity index (χ2n) is 8.55. The Balaban J connectivity index is 1.32. The van der Waals surface area contributed by atoms with Crippen LogP contribution in [0.1, 0.15) is 5.56 Å². The number of amides is 1. The van der Waals surface area contributed by atoms with Crippen LogP contribution in [0.5, 0.6) is 0 Å². The van der Waals surface area contributed by atoms with E-state index in [1.165, 1.54) is 21.9 Å². The SMILES string of the molecule is O=C(NCCc1cn(S(=O)(=O)c2c(Cl)nc3sccn23)c2ccccc12)OC1OC(C(=O)O)C(O)C(O)C1O. The highest BCUT2D eigenvalue weighted by Gasteiger charge is 2.48. The van der Waals surface area contributed by atoms with Crippen molar-refractivity contribution in [3.63, 3.8) is 0 Å². The molecular weight excluding hydrogens is 580 g/mol. The minimum atomic E-state index is -4.17. The maximum Gasteiger partial charge on any atom is 0.409 e. The van der Waals surface area contributed by atoms with Crippen LogP contribution < -0.4 is 5.32 Å². The summed E-state index contributed by atoms with van der Waals surface area (Å²) in [4.78, 5) is 28.0. The molecule has 1 fully saturated rings. The van der Waals surface area contributed by atoms with E-state index in [1.54, 1.807) is 35.8 Å². The smallest absolute Gasteiger partial charge is 0.409 e. The average Bonchev–Trinajstić information content (AvgIpc) is 3.57. The van der Waals surface area contributed by atoms with E-state index in [0.29, 0.717) is 21.4 Å². The third-order valence-electron chi connectivity index (χ3n) is 6.14. The average molecular weight is 601 g/mol. The van der Waals surface area contributed by atoms with Crippen LogP contribution in [0.2, 0.25) is 5.15 Å². The molecule has 0 radical (unpaired) electrons. The molecule has 17 heteroatoms. The lowest BCUT2D eigenvalue weighted by atomic mass is 9.99. The molecule has 0 bridgehead atoms. The van der Waals surface area contributed by atoms with Gasteiger partial charge in [0.1, 0.15) is 18.3 Å². The number of rotatable bonds is 7. The van der Waals surface area contributed by atoms with Crippen LogP contribution in [-0.2, 0) is 30.7 Å². The van der Waals surface area contributed by atoms with Crippen molar-refractivity contribution in [3.8, 4) is 0 Å². The molecular formula is C22H21ClN4O10S2. The number of aromatic nitrogens is 3. The van der Waals surface area contributed by atoms with Gasteiger partial charge in [0.05, 0.1) is 5.52 Å². The monoisotopic (exact) mass is 600 g/mol. The topological polar surface area (TPSA) is 202 Å². The number of fused-ring (bicyclic) bond motifs is 2. The highest BCUT2D eigenvalue weighted by atomic mass is 35.5. The highest BCUT2D eigenvalue weighted by molar-refractivity contribution is 7.90. The molecule has 1 aliphatic heterocycles. The molecule has 39 heavy (non-hydrogen) atoms. The molecule has 4 heterocycles. The molecule has 208 valence electrons. The summed E-state index contributed by atoms with van der Waals surface area (Å²) in [5.74, 6) is -1.62. The number of carbonyl (C=O) groups excluding carboxylic acids is 1. The number of carbonyl (C=O) groups is 2. The zero-order valence-corrected chi connectivity index (χ0v) is 22.0. The molecule has 1 saturated heterocycles. The van der Waals surface area contributed by atoms with Crippen molar-refractivity contribution in [1.29, 1.82) is 0 Å². The standard InChI is InChI=1S/C22H21ClN4O10S2/c23-17-18(26-7-8-38-21(26)25-17)39(34,35)27-9-10(11-3-1-2-4-12(11)27)5-6-24-22(33)37-20-15(30)13(28)14(29)16(36-20)19(31)32/h1-4,7-9,13-16,20,28-30H,5-6H2,(H,24,33)(H,31,32). The Kier molecular flexibility index (Phi) is 7.27. The molecule has 5 atom stereocenters. The fraction of sp³-hybridized carbons (Fsp3) is 0.318. The number of hydrogen-bond donors (Lipinski definition) is 5. The number of alkyl carbamates (subject to hydrolysis) is 1. The van der Waals surface area contributed by atoms with Crippen molar-refractivity contribution in [2.45, 2.75) is 42.2 Å². The van der Waals surface area contributed by atoms with Crippen molar-refractivity contribution in [3.05, 3.63) is 52.8 Å². The quantitative estimate of drug-likeness (QED) is 0.196. The van der Waals surface area contributed by atoms with Gasteiger partial charge in [-0.2, -0.15) is 8.42 Å². The predicted octanol–water partition coefficient (Wildman–Crippen LogP) is 0.402. The van der Waals surface area contributed by atoms with Gasteiger partial charge >= 0.3 is 12.1 Å². The van der Waals surface area contributed by atoms with Gasteiger partial charge in [-0.25, -0.2) is 18.5 Å². The molecule has 1 aliphatic rings. The Morgan fingerprint density at radius 1 is 1.18 bits per heavy atom. The number of aliphatic carboxylic acids is 1. The van der Waals surface area contributed by atoms with Crippen molar-refractivity contribution in [2.75, 3.05) is 6.54 Å². The van der Waals surface area contributed by atoms with E-state index >= 15 is 0 Å². The number of aliphatic hydroxyl groups excluding tert-OH is 3. The van der Waals surface area contributed by atoms with Crippen LogP contribution in [0.3, 0.4) is 0 Å². The van der Waals surface area contributed by atoms with E-state index in [0.717, 1.165) is 3.97 Å². The van der Waals surface area contributed by atoms with Gasteiger partial charge in [0.25, 0.3) is 10.0 Å². The summed E-state index contributed by atoms with van der Waals surface area (Å²) in [6.45, 7) is -0.0501. The van der Waals surface area contributed by atoms with Crippen LogP contribution in [-0.4, -0.2) is 91.5 Å². The third kappa shape index (κ3) is 4.84. The number of nitrogens with zero attached hydrogens (tertiary/aromatic N) is 3. The first-order chi connectivity index (χ1) is 18.5. The molecule has 5 N–H and O–H groups in total. The number of imidazole rings is 1. The summed E-state index contributed by atoms with van der Waals surface area (Å²) in [6.07, 6.45) is -7.51. The molecule has 5 rings (SSSR count). The van der Waals surface area contributed by atoms with E-state index in [4.69, 9.17) is 26.2 Å². The summed E-state index contributed by atoms with van der Waals surface area (Å²) >= 11 is 7.42. The molecule has 3 aromatic heterocycles. The Morgan fingerprint density at radius 3 is 2.67 bits per heavy atom. The summed E-state index contributed by atoms with van der Waals surface area (Å²) in [6, 6.07) is 6.75. The molecule has 0 aliphatic carbocycles. The van der Waals surface area contributed by atoms with Gasteiger partial charge in [-0.3, -0.25) is 4.40 Å². The third-order valence-corrected chi connectivity index (χ3v) is 8.97. The number of hydrogen-bond acceptors (Lipinski definition) is 11. The number of aliphatic hydroxyl groups is 3. The largest absolute Gasteiger partial charge is 0.479 e. The molecule has 0 spiro atoms. The van der Waals surface area contributed by atoms with Gasteiger partial charge < -0.3 is 35.2 Å². The zero-order chi connectivity index (χ0) is 28.1. The van der Waals surface area contributed by atoms with Gasteiger partial charge in [-0.15, -0.1) is 11.3 Å². The van der Waals surface area contributed by atoms with E-state index in [9.17, 15) is 33.3 Å². The van der Waals surface area contributed by atoms with E-state index in [1.807, 2.05) is 0 Å². The normalized spacial score (nSPS) is 23.7. The Hall–Kier alpha value is -3.25. The number of carboxylic acid groups (broad SMARTS) is 1. The van der Waals surface area contributed by atoms with Crippen molar-refractivity contribution < 1.29 is 47.9 Å². The van der Waals surface area contributed by atoms with Crippen molar-refractivity contribution in [2.24, 2.45) is 0 Å². The number of nitrogens with one attached hydrogen (secondary N) is 1. The van der Waals surface area contributed by atoms with Crippen molar-refractivity contribution >= 4 is 60.9 Å². The van der Waals surface area contributed by atoms with Crippen LogP contribution in [0.4, 0.5) is 4.79 Å². The second-order valence-corrected chi connectivity index (χ2v) is 11.5. The summed E-state index contributed by atoms with van der Waals surface area (Å²) < 4.78 is 39.6. The molecule has 14 nitrogen and oxygen atoms in total. The summed E-state index contributed by atoms with van der Waals surface area (Å²) in [5.41, 5.74) is 0.942. The lowest BCUT2D eigenvalue weighted by Gasteiger charge is -2.37. The van der Waals surface area contributed by atoms with E-state index in [-0.39, 0.29) is 23.1 Å². The minimum Gasteiger partial charge on any atom is -0.479 e. The van der Waals surface area contributed by atoms with Gasteiger partial charge in [0.15, 0.2) is 16.2 Å².